The highest BCUT2D eigenvalue weighted by Crippen LogP contribution is 2.75. The molecule has 2 bridgehead atoms. The molecule has 0 radical (unpaired) electrons. The summed E-state index contributed by atoms with van der Waals surface area (Å²) in [6, 6.07) is 0. The predicted molar refractivity (Wildman–Crippen MR) is 124 cm³/mol. The van der Waals surface area contributed by atoms with Crippen molar-refractivity contribution in [2.45, 2.75) is 90.3 Å². The molecule has 9 heteroatoms. The van der Waals surface area contributed by atoms with Gasteiger partial charge in [0.2, 0.25) is 5.60 Å². The molecule has 0 aromatic carbocycles. The van der Waals surface area contributed by atoms with Crippen molar-refractivity contribution in [2.75, 3.05) is 0 Å². The molecular formula is C27H32O9. The molecule has 1 N–H and O–H groups in total. The summed E-state index contributed by atoms with van der Waals surface area (Å²) in [5.41, 5.74) is -7.51. The maximum absolute atomic E-state index is 13.8. The quantitative estimate of drug-likeness (QED) is 0.328. The van der Waals surface area contributed by atoms with E-state index in [1.54, 1.807) is 19.9 Å². The largest absolute Gasteiger partial charge is 0.458 e. The normalized spacial score (nSPS) is 46.6. The van der Waals surface area contributed by atoms with E-state index in [4.69, 9.17) is 18.9 Å². The number of esters is 4. The molecule has 7 atom stereocenters. The van der Waals surface area contributed by atoms with Gasteiger partial charge < -0.3 is 24.1 Å². The van der Waals surface area contributed by atoms with Gasteiger partial charge in [-0.2, -0.15) is 0 Å². The van der Waals surface area contributed by atoms with Crippen molar-refractivity contribution in [1.82, 2.24) is 0 Å². The third kappa shape index (κ3) is 2.28. The average Bonchev–Trinajstić information content (AvgIpc) is 2.96. The van der Waals surface area contributed by atoms with Gasteiger partial charge in [-0.15, -0.1) is 0 Å². The van der Waals surface area contributed by atoms with Crippen LogP contribution in [0.15, 0.2) is 35.5 Å². The number of hydrogen-bond donors (Lipinski definition) is 1. The monoisotopic (exact) mass is 500 g/mol. The molecule has 5 aliphatic rings. The molecule has 0 unspecified atom stereocenters. The Balaban J connectivity index is 1.92. The average molecular weight is 501 g/mol. The van der Waals surface area contributed by atoms with Gasteiger partial charge in [-0.25, -0.2) is 9.59 Å². The second-order valence-electron chi connectivity index (χ2n) is 11.6. The fourth-order valence-electron chi connectivity index (χ4n) is 8.02. The minimum Gasteiger partial charge on any atom is -0.458 e. The van der Waals surface area contributed by atoms with Crippen molar-refractivity contribution in [3.05, 3.63) is 35.5 Å². The molecule has 194 valence electrons. The fraction of sp³-hybridized carbons (Fsp3) is 0.630. The van der Waals surface area contributed by atoms with Crippen molar-refractivity contribution < 1.29 is 43.2 Å². The van der Waals surface area contributed by atoms with Gasteiger partial charge in [-0.3, -0.25) is 9.59 Å². The smallest absolute Gasteiger partial charge is 0.344 e. The minimum absolute atomic E-state index is 0.137. The Labute approximate surface area is 209 Å². The fourth-order valence-corrected chi connectivity index (χ4v) is 8.02. The first kappa shape index (κ1) is 24.7. The standard InChI is InChI=1S/C27H32O9/c1-13-18-19(34-16(4)28)24(8)14(2)26(20(30)33-15(3)27(26,32)21(31)36-24)23(18,7)11-12-25(13)10-9-17(29)35-22(25,5)6/h9-10,15,19,32H,2,11-12H2,1,3-8H3/t15-,19+,23+,24+,25+,26+,27+/m0/s1. The van der Waals surface area contributed by atoms with E-state index in [1.807, 2.05) is 20.8 Å². The summed E-state index contributed by atoms with van der Waals surface area (Å²) in [5, 5.41) is 12.0. The van der Waals surface area contributed by atoms with Crippen LogP contribution in [0.4, 0.5) is 0 Å². The van der Waals surface area contributed by atoms with Crippen molar-refractivity contribution in [2.24, 2.45) is 16.2 Å². The lowest BCUT2D eigenvalue weighted by Crippen LogP contribution is -2.79. The second kappa shape index (κ2) is 6.68. The highest BCUT2D eigenvalue weighted by molar-refractivity contribution is 6.01. The number of hydrogen-bond acceptors (Lipinski definition) is 9. The molecule has 0 aromatic rings. The summed E-state index contributed by atoms with van der Waals surface area (Å²) in [4.78, 5) is 51.9. The van der Waals surface area contributed by atoms with Crippen molar-refractivity contribution in [3.63, 3.8) is 0 Å². The van der Waals surface area contributed by atoms with Crippen LogP contribution in [0.3, 0.4) is 0 Å². The number of ether oxygens (including phenoxy) is 4. The third-order valence-corrected chi connectivity index (χ3v) is 9.91. The molecule has 5 rings (SSSR count). The lowest BCUT2D eigenvalue weighted by atomic mass is 9.38. The molecule has 2 spiro atoms. The van der Waals surface area contributed by atoms with Crippen molar-refractivity contribution in [1.29, 1.82) is 0 Å². The maximum atomic E-state index is 13.8. The highest BCUT2D eigenvalue weighted by Gasteiger charge is 2.87. The zero-order chi connectivity index (χ0) is 26.9. The Morgan fingerprint density at radius 2 is 1.75 bits per heavy atom. The minimum atomic E-state index is -2.34. The van der Waals surface area contributed by atoms with E-state index in [9.17, 15) is 24.3 Å². The Kier molecular flexibility index (Phi) is 4.59. The van der Waals surface area contributed by atoms with Crippen LogP contribution >= 0.6 is 0 Å². The first-order valence-electron chi connectivity index (χ1n) is 12.2. The van der Waals surface area contributed by atoms with Gasteiger partial charge in [0.05, 0.1) is 0 Å². The van der Waals surface area contributed by atoms with Crippen molar-refractivity contribution >= 4 is 23.9 Å². The Hall–Kier alpha value is -2.94. The lowest BCUT2D eigenvalue weighted by molar-refractivity contribution is -0.244. The van der Waals surface area contributed by atoms with Gasteiger partial charge in [0.15, 0.2) is 11.7 Å². The molecule has 9 nitrogen and oxygen atoms in total. The third-order valence-electron chi connectivity index (χ3n) is 9.91. The molecule has 36 heavy (non-hydrogen) atoms. The van der Waals surface area contributed by atoms with Crippen LogP contribution in [-0.4, -0.2) is 58.0 Å². The van der Waals surface area contributed by atoms with Crippen LogP contribution in [0.1, 0.15) is 61.3 Å². The zero-order valence-electron chi connectivity index (χ0n) is 21.6. The number of rotatable bonds is 1. The number of fused-ring (bicyclic) bond motifs is 2. The number of carbonyl (C=O) groups excluding carboxylic acids is 4. The summed E-state index contributed by atoms with van der Waals surface area (Å²) < 4.78 is 23.0. The Morgan fingerprint density at radius 3 is 2.33 bits per heavy atom. The Bertz CT molecular complexity index is 1230. The predicted octanol–water partition coefficient (Wildman–Crippen LogP) is 2.46. The van der Waals surface area contributed by atoms with Crippen LogP contribution in [-0.2, 0) is 38.1 Å². The topological polar surface area (TPSA) is 125 Å². The van der Waals surface area contributed by atoms with Gasteiger partial charge in [0, 0.05) is 23.8 Å². The second-order valence-corrected chi connectivity index (χ2v) is 11.6. The molecule has 1 saturated carbocycles. The summed E-state index contributed by atoms with van der Waals surface area (Å²) in [6.07, 6.45) is 1.55. The SMILES string of the molecule is C=C1[C@]23C(=O)O[C@@H](C)[C@@]2(O)C(=O)O[C@@]1(C)[C@H](OC(C)=O)C1=C(C)[C@@]2(C=CC(=O)OC2(C)C)CC[C@]13C. The van der Waals surface area contributed by atoms with Crippen LogP contribution in [0.2, 0.25) is 0 Å². The molecule has 0 amide bonds. The Morgan fingerprint density at radius 1 is 1.11 bits per heavy atom. The molecule has 3 heterocycles. The van der Waals surface area contributed by atoms with Gasteiger partial charge in [-0.1, -0.05) is 25.2 Å². The zero-order valence-corrected chi connectivity index (χ0v) is 21.6. The van der Waals surface area contributed by atoms with Crippen LogP contribution in [0.25, 0.3) is 0 Å². The van der Waals surface area contributed by atoms with Gasteiger partial charge in [0.1, 0.15) is 17.1 Å². The molecule has 3 fully saturated rings. The molecule has 2 saturated heterocycles. The van der Waals surface area contributed by atoms with E-state index in [2.05, 4.69) is 6.58 Å². The summed E-state index contributed by atoms with van der Waals surface area (Å²) >= 11 is 0. The van der Waals surface area contributed by atoms with Gasteiger partial charge >= 0.3 is 23.9 Å². The van der Waals surface area contributed by atoms with E-state index in [0.717, 1.165) is 0 Å². The molecule has 0 aromatic heterocycles. The molecule has 3 aliphatic heterocycles. The van der Waals surface area contributed by atoms with E-state index in [-0.39, 0.29) is 12.0 Å². The lowest BCUT2D eigenvalue weighted by Gasteiger charge is -2.67. The molecule has 2 aliphatic carbocycles. The summed E-state index contributed by atoms with van der Waals surface area (Å²) in [6.45, 7) is 15.7. The number of cyclic esters (lactones) is 2. The van der Waals surface area contributed by atoms with Crippen LogP contribution in [0.5, 0.6) is 0 Å². The highest BCUT2D eigenvalue weighted by atomic mass is 16.6. The van der Waals surface area contributed by atoms with Gasteiger partial charge in [0.25, 0.3) is 0 Å². The summed E-state index contributed by atoms with van der Waals surface area (Å²) in [5.74, 6) is -2.86. The van der Waals surface area contributed by atoms with E-state index >= 15 is 0 Å². The summed E-state index contributed by atoms with van der Waals surface area (Å²) in [7, 11) is 0. The molecular weight excluding hydrogens is 468 g/mol. The van der Waals surface area contributed by atoms with E-state index in [0.29, 0.717) is 17.6 Å². The van der Waals surface area contributed by atoms with Crippen LogP contribution < -0.4 is 0 Å². The maximum Gasteiger partial charge on any atom is 0.344 e. The van der Waals surface area contributed by atoms with Crippen LogP contribution in [0, 0.1) is 16.2 Å². The van der Waals surface area contributed by atoms with Crippen molar-refractivity contribution in [3.8, 4) is 0 Å². The van der Waals surface area contributed by atoms with E-state index in [1.165, 1.54) is 19.9 Å². The first-order valence-corrected chi connectivity index (χ1v) is 12.2. The first-order chi connectivity index (χ1) is 16.5. The van der Waals surface area contributed by atoms with Gasteiger partial charge in [-0.05, 0) is 58.6 Å². The number of aliphatic hydroxyl groups is 1. The number of carbonyl (C=O) groups is 4. The van der Waals surface area contributed by atoms with E-state index < -0.39 is 69.1 Å².